The van der Waals surface area contributed by atoms with Crippen LogP contribution in [-0.2, 0) is 0 Å². The van der Waals surface area contributed by atoms with Gasteiger partial charge in [0.15, 0.2) is 5.76 Å². The summed E-state index contributed by atoms with van der Waals surface area (Å²) in [5.74, 6) is 0.575. The number of rotatable bonds is 6. The maximum atomic E-state index is 12.9. The topological polar surface area (TPSA) is 74.6 Å². The van der Waals surface area contributed by atoms with Gasteiger partial charge in [-0.25, -0.2) is 0 Å². The van der Waals surface area contributed by atoms with Crippen molar-refractivity contribution >= 4 is 17.5 Å². The molecule has 2 heterocycles. The van der Waals surface area contributed by atoms with Gasteiger partial charge in [-0.2, -0.15) is 0 Å². The molecule has 2 amide bonds. The molecule has 6 heteroatoms. The smallest absolute Gasteiger partial charge is 0.291 e. The number of nitrogens with one attached hydrogen (secondary N) is 2. The van der Waals surface area contributed by atoms with Gasteiger partial charge in [0, 0.05) is 24.3 Å². The number of carbonyl (C=O) groups excluding carboxylic acids is 2. The van der Waals surface area contributed by atoms with Crippen molar-refractivity contribution in [2.45, 2.75) is 26.7 Å². The minimum Gasteiger partial charge on any atom is -0.459 e. The van der Waals surface area contributed by atoms with E-state index in [9.17, 15) is 9.59 Å². The first-order chi connectivity index (χ1) is 13.1. The Morgan fingerprint density at radius 3 is 2.67 bits per heavy atom. The van der Waals surface area contributed by atoms with Crippen LogP contribution in [0.4, 0.5) is 5.69 Å². The Kier molecular flexibility index (Phi) is 6.29. The quantitative estimate of drug-likeness (QED) is 0.819. The van der Waals surface area contributed by atoms with Gasteiger partial charge in [0.05, 0.1) is 6.26 Å². The second-order valence-corrected chi connectivity index (χ2v) is 7.00. The molecule has 0 radical (unpaired) electrons. The molecule has 0 atom stereocenters. The van der Waals surface area contributed by atoms with Gasteiger partial charge in [0.25, 0.3) is 11.8 Å². The standard InChI is InChI=1S/C21H27N3O3/c1-3-22-14-16-8-10-24(11-9-16)21(26)17-7-6-15(2)18(13-17)23-20(25)19-5-4-12-27-19/h4-7,12-13,16,22H,3,8-11,14H2,1-2H3,(H,23,25). The number of piperidine rings is 1. The van der Waals surface area contributed by atoms with E-state index >= 15 is 0 Å². The summed E-state index contributed by atoms with van der Waals surface area (Å²) >= 11 is 0. The third kappa shape index (κ3) is 4.77. The maximum Gasteiger partial charge on any atom is 0.291 e. The summed E-state index contributed by atoms with van der Waals surface area (Å²) < 4.78 is 5.13. The van der Waals surface area contributed by atoms with Crippen LogP contribution in [0.3, 0.4) is 0 Å². The number of amides is 2. The second-order valence-electron chi connectivity index (χ2n) is 7.00. The van der Waals surface area contributed by atoms with Crippen LogP contribution in [0.15, 0.2) is 41.0 Å². The molecule has 1 aromatic heterocycles. The second kappa shape index (κ2) is 8.86. The number of hydrogen-bond donors (Lipinski definition) is 2. The average Bonchev–Trinajstić information content (AvgIpc) is 3.23. The van der Waals surface area contributed by atoms with E-state index in [1.165, 1.54) is 6.26 Å². The van der Waals surface area contributed by atoms with Gasteiger partial charge >= 0.3 is 0 Å². The molecule has 1 aliphatic heterocycles. The summed E-state index contributed by atoms with van der Waals surface area (Å²) in [6.07, 6.45) is 3.50. The van der Waals surface area contributed by atoms with Crippen LogP contribution in [0.25, 0.3) is 0 Å². The van der Waals surface area contributed by atoms with Gasteiger partial charge in [-0.15, -0.1) is 0 Å². The SMILES string of the molecule is CCNCC1CCN(C(=O)c2ccc(C)c(NC(=O)c3ccco3)c2)CC1. The van der Waals surface area contributed by atoms with E-state index in [1.54, 1.807) is 18.2 Å². The van der Waals surface area contributed by atoms with E-state index in [4.69, 9.17) is 4.42 Å². The molecule has 2 N–H and O–H groups in total. The molecule has 6 nitrogen and oxygen atoms in total. The monoisotopic (exact) mass is 369 g/mol. The van der Waals surface area contributed by atoms with Crippen molar-refractivity contribution in [3.8, 4) is 0 Å². The van der Waals surface area contributed by atoms with Gasteiger partial charge in [0.1, 0.15) is 0 Å². The molecule has 0 saturated carbocycles. The first-order valence-electron chi connectivity index (χ1n) is 9.54. The van der Waals surface area contributed by atoms with E-state index in [0.717, 1.165) is 44.6 Å². The number of furan rings is 1. The van der Waals surface area contributed by atoms with Gasteiger partial charge in [0.2, 0.25) is 0 Å². The fraction of sp³-hybridized carbons (Fsp3) is 0.429. The van der Waals surface area contributed by atoms with Crippen LogP contribution in [-0.4, -0.2) is 42.9 Å². The Bertz CT molecular complexity index is 778. The van der Waals surface area contributed by atoms with Crippen molar-refractivity contribution in [1.29, 1.82) is 0 Å². The Labute approximate surface area is 159 Å². The lowest BCUT2D eigenvalue weighted by Crippen LogP contribution is -2.40. The van der Waals surface area contributed by atoms with Crippen molar-refractivity contribution in [3.05, 3.63) is 53.5 Å². The third-order valence-electron chi connectivity index (χ3n) is 5.06. The lowest BCUT2D eigenvalue weighted by molar-refractivity contribution is 0.0690. The van der Waals surface area contributed by atoms with E-state index in [2.05, 4.69) is 17.6 Å². The molecular formula is C21H27N3O3. The zero-order valence-corrected chi connectivity index (χ0v) is 16.0. The molecule has 0 spiro atoms. The highest BCUT2D eigenvalue weighted by Gasteiger charge is 2.24. The lowest BCUT2D eigenvalue weighted by Gasteiger charge is -2.32. The summed E-state index contributed by atoms with van der Waals surface area (Å²) in [6.45, 7) is 7.56. The first kappa shape index (κ1) is 19.2. The van der Waals surface area contributed by atoms with Crippen molar-refractivity contribution in [1.82, 2.24) is 10.2 Å². The normalized spacial score (nSPS) is 15.0. The van der Waals surface area contributed by atoms with E-state index < -0.39 is 0 Å². The van der Waals surface area contributed by atoms with Crippen LogP contribution in [0.2, 0.25) is 0 Å². The summed E-state index contributed by atoms with van der Waals surface area (Å²) in [4.78, 5) is 27.0. The summed E-state index contributed by atoms with van der Waals surface area (Å²) in [7, 11) is 0. The number of likely N-dealkylation sites (tertiary alicyclic amines) is 1. The van der Waals surface area contributed by atoms with Crippen LogP contribution in [0.5, 0.6) is 0 Å². The van der Waals surface area contributed by atoms with Gasteiger partial charge in [-0.05, 0) is 68.6 Å². The molecule has 27 heavy (non-hydrogen) atoms. The predicted octanol–water partition coefficient (Wildman–Crippen LogP) is 3.30. The number of aryl methyl sites for hydroxylation is 1. The minimum absolute atomic E-state index is 0.0189. The summed E-state index contributed by atoms with van der Waals surface area (Å²) in [6, 6.07) is 8.72. The highest BCUT2D eigenvalue weighted by Crippen LogP contribution is 2.22. The number of benzene rings is 1. The molecular weight excluding hydrogens is 342 g/mol. The number of carbonyl (C=O) groups is 2. The van der Waals surface area contributed by atoms with Crippen molar-refractivity contribution < 1.29 is 14.0 Å². The Morgan fingerprint density at radius 2 is 2.00 bits per heavy atom. The van der Waals surface area contributed by atoms with E-state index in [0.29, 0.717) is 17.2 Å². The Balaban J connectivity index is 1.65. The summed E-state index contributed by atoms with van der Waals surface area (Å²) in [5, 5.41) is 6.22. The van der Waals surface area contributed by atoms with Crippen LogP contribution >= 0.6 is 0 Å². The van der Waals surface area contributed by atoms with Crippen LogP contribution < -0.4 is 10.6 Å². The van der Waals surface area contributed by atoms with Crippen LogP contribution in [0.1, 0.15) is 46.2 Å². The Morgan fingerprint density at radius 1 is 1.22 bits per heavy atom. The maximum absolute atomic E-state index is 12.9. The molecule has 1 aliphatic rings. The number of hydrogen-bond acceptors (Lipinski definition) is 4. The molecule has 1 fully saturated rings. The molecule has 1 saturated heterocycles. The predicted molar refractivity (Wildman–Crippen MR) is 105 cm³/mol. The van der Waals surface area contributed by atoms with Crippen molar-refractivity contribution in [2.75, 3.05) is 31.5 Å². The summed E-state index contributed by atoms with van der Waals surface area (Å²) in [5.41, 5.74) is 2.13. The van der Waals surface area contributed by atoms with Crippen molar-refractivity contribution in [2.24, 2.45) is 5.92 Å². The molecule has 0 unspecified atom stereocenters. The number of anilines is 1. The molecule has 144 valence electrons. The molecule has 0 aliphatic carbocycles. The van der Waals surface area contributed by atoms with Crippen molar-refractivity contribution in [3.63, 3.8) is 0 Å². The highest BCUT2D eigenvalue weighted by molar-refractivity contribution is 6.03. The minimum atomic E-state index is -0.322. The largest absolute Gasteiger partial charge is 0.459 e. The fourth-order valence-corrected chi connectivity index (χ4v) is 3.35. The lowest BCUT2D eigenvalue weighted by atomic mass is 9.96. The molecule has 1 aromatic carbocycles. The van der Waals surface area contributed by atoms with Gasteiger partial charge in [-0.3, -0.25) is 9.59 Å². The Hall–Kier alpha value is -2.60. The molecule has 3 rings (SSSR count). The first-order valence-corrected chi connectivity index (χ1v) is 9.54. The van der Waals surface area contributed by atoms with E-state index in [-0.39, 0.29) is 17.6 Å². The fourth-order valence-electron chi connectivity index (χ4n) is 3.35. The van der Waals surface area contributed by atoms with Crippen LogP contribution in [0, 0.1) is 12.8 Å². The molecule has 2 aromatic rings. The zero-order chi connectivity index (χ0) is 19.2. The van der Waals surface area contributed by atoms with Gasteiger partial charge in [-0.1, -0.05) is 13.0 Å². The highest BCUT2D eigenvalue weighted by atomic mass is 16.3. The average molecular weight is 369 g/mol. The zero-order valence-electron chi connectivity index (χ0n) is 16.0. The van der Waals surface area contributed by atoms with Gasteiger partial charge < -0.3 is 20.0 Å². The molecule has 0 bridgehead atoms. The third-order valence-corrected chi connectivity index (χ3v) is 5.06. The van der Waals surface area contributed by atoms with E-state index in [1.807, 2.05) is 24.0 Å². The number of nitrogens with zero attached hydrogens (tertiary/aromatic N) is 1.